The van der Waals surface area contributed by atoms with Crippen LogP contribution in [-0.2, 0) is 17.6 Å². The molecule has 5 heteroatoms. The van der Waals surface area contributed by atoms with E-state index in [1.54, 1.807) is 0 Å². The number of aryl methyl sites for hydroxylation is 1. The Balaban J connectivity index is 2.20. The summed E-state index contributed by atoms with van der Waals surface area (Å²) in [7, 11) is 0. The Bertz CT molecular complexity index is 373. The number of carbonyl (C=O) groups is 1. The first kappa shape index (κ1) is 10.2. The zero-order valence-corrected chi connectivity index (χ0v) is 8.40. The smallest absolute Gasteiger partial charge is 0.305 e. The highest BCUT2D eigenvalue weighted by atomic mass is 16.5. The van der Waals surface area contributed by atoms with Crippen LogP contribution in [-0.4, -0.2) is 16.2 Å². The molecule has 2 rings (SSSR count). The summed E-state index contributed by atoms with van der Waals surface area (Å²) in [5, 5.41) is 12.6. The van der Waals surface area contributed by atoms with Gasteiger partial charge in [-0.3, -0.25) is 4.79 Å². The van der Waals surface area contributed by atoms with E-state index in [0.717, 1.165) is 36.9 Å². The molecule has 0 saturated carbocycles. The molecule has 1 unspecified atom stereocenters. The van der Waals surface area contributed by atoms with Crippen LogP contribution in [0.25, 0.3) is 0 Å². The molecule has 0 aromatic carbocycles. The van der Waals surface area contributed by atoms with Crippen molar-refractivity contribution in [3.63, 3.8) is 0 Å². The molecule has 0 radical (unpaired) electrons. The Labute approximate surface area is 87.2 Å². The third-order valence-electron chi connectivity index (χ3n) is 2.72. The molecule has 1 atom stereocenters. The number of carboxylic acid groups (broad SMARTS) is 1. The molecular weight excluding hydrogens is 196 g/mol. The van der Waals surface area contributed by atoms with Crippen LogP contribution in [0.3, 0.4) is 0 Å². The third kappa shape index (κ3) is 2.02. The van der Waals surface area contributed by atoms with Crippen LogP contribution in [0.1, 0.15) is 42.3 Å². The molecule has 0 fully saturated rings. The van der Waals surface area contributed by atoms with E-state index in [0.29, 0.717) is 5.76 Å². The minimum atomic E-state index is -0.913. The van der Waals surface area contributed by atoms with E-state index in [4.69, 9.17) is 15.4 Å². The summed E-state index contributed by atoms with van der Waals surface area (Å²) in [5.41, 5.74) is 7.74. The van der Waals surface area contributed by atoms with Gasteiger partial charge in [0.1, 0.15) is 0 Å². The van der Waals surface area contributed by atoms with Gasteiger partial charge in [-0.2, -0.15) is 0 Å². The Kier molecular flexibility index (Phi) is 2.73. The van der Waals surface area contributed by atoms with Crippen molar-refractivity contribution in [2.75, 3.05) is 0 Å². The molecule has 1 aromatic heterocycles. The minimum Gasteiger partial charge on any atom is -0.481 e. The lowest BCUT2D eigenvalue weighted by molar-refractivity contribution is -0.137. The fraction of sp³-hybridized carbons (Fsp3) is 0.600. The maximum Gasteiger partial charge on any atom is 0.305 e. The normalized spacial score (nSPS) is 17.1. The van der Waals surface area contributed by atoms with Gasteiger partial charge >= 0.3 is 5.97 Å². The lowest BCUT2D eigenvalue weighted by atomic mass is 9.93. The molecule has 0 spiro atoms. The van der Waals surface area contributed by atoms with Crippen molar-refractivity contribution >= 4 is 5.97 Å². The second-order valence-corrected chi connectivity index (χ2v) is 3.88. The van der Waals surface area contributed by atoms with Gasteiger partial charge in [-0.1, -0.05) is 5.16 Å². The predicted molar refractivity (Wildman–Crippen MR) is 52.3 cm³/mol. The highest BCUT2D eigenvalue weighted by molar-refractivity contribution is 5.67. The molecule has 0 saturated heterocycles. The summed E-state index contributed by atoms with van der Waals surface area (Å²) in [5.74, 6) is -0.351. The number of aromatic nitrogens is 1. The summed E-state index contributed by atoms with van der Waals surface area (Å²) in [6.45, 7) is 0. The first-order chi connectivity index (χ1) is 7.18. The lowest BCUT2D eigenvalue weighted by Gasteiger charge is -2.11. The van der Waals surface area contributed by atoms with E-state index < -0.39 is 12.0 Å². The zero-order chi connectivity index (χ0) is 10.8. The standard InChI is InChI=1S/C10H14N2O3/c11-7(5-9(13)14)10-6-3-1-2-4-8(6)12-15-10/h7H,1-5,11H2,(H,13,14). The highest BCUT2D eigenvalue weighted by Gasteiger charge is 2.24. The molecule has 1 aromatic rings. The molecule has 1 aliphatic carbocycles. The number of nitrogens with zero attached hydrogens (tertiary/aromatic N) is 1. The van der Waals surface area contributed by atoms with Gasteiger partial charge in [-0.05, 0) is 25.7 Å². The molecule has 1 heterocycles. The van der Waals surface area contributed by atoms with E-state index in [-0.39, 0.29) is 6.42 Å². The van der Waals surface area contributed by atoms with Gasteiger partial charge in [0.15, 0.2) is 5.76 Å². The van der Waals surface area contributed by atoms with Gasteiger partial charge in [0.25, 0.3) is 0 Å². The Morgan fingerprint density at radius 2 is 2.27 bits per heavy atom. The molecule has 0 aliphatic heterocycles. The Morgan fingerprint density at radius 1 is 1.53 bits per heavy atom. The first-order valence-corrected chi connectivity index (χ1v) is 5.13. The van der Waals surface area contributed by atoms with Gasteiger partial charge < -0.3 is 15.4 Å². The average Bonchev–Trinajstić information content (AvgIpc) is 2.59. The SMILES string of the molecule is NC(CC(=O)O)c1onc2c1CCCC2. The summed E-state index contributed by atoms with van der Waals surface area (Å²) >= 11 is 0. The molecule has 15 heavy (non-hydrogen) atoms. The van der Waals surface area contributed by atoms with Crippen LogP contribution in [0, 0.1) is 0 Å². The first-order valence-electron chi connectivity index (χ1n) is 5.13. The van der Waals surface area contributed by atoms with Gasteiger partial charge in [0.05, 0.1) is 18.2 Å². The van der Waals surface area contributed by atoms with Crippen molar-refractivity contribution in [2.45, 2.75) is 38.1 Å². The summed E-state index contributed by atoms with van der Waals surface area (Å²) in [6.07, 6.45) is 3.93. The Morgan fingerprint density at radius 3 is 3.00 bits per heavy atom. The van der Waals surface area contributed by atoms with Crippen molar-refractivity contribution in [3.8, 4) is 0 Å². The van der Waals surface area contributed by atoms with E-state index in [2.05, 4.69) is 5.16 Å². The van der Waals surface area contributed by atoms with Crippen molar-refractivity contribution < 1.29 is 14.4 Å². The van der Waals surface area contributed by atoms with E-state index in [1.807, 2.05) is 0 Å². The van der Waals surface area contributed by atoms with Gasteiger partial charge in [-0.15, -0.1) is 0 Å². The van der Waals surface area contributed by atoms with Crippen LogP contribution in [0.15, 0.2) is 4.52 Å². The summed E-state index contributed by atoms with van der Waals surface area (Å²) in [6, 6.07) is -0.572. The molecule has 5 nitrogen and oxygen atoms in total. The fourth-order valence-electron chi connectivity index (χ4n) is 1.99. The number of rotatable bonds is 3. The van der Waals surface area contributed by atoms with Crippen LogP contribution in [0.4, 0.5) is 0 Å². The number of aliphatic carboxylic acids is 1. The van der Waals surface area contributed by atoms with Gasteiger partial charge in [0, 0.05) is 5.56 Å². The van der Waals surface area contributed by atoms with Gasteiger partial charge in [-0.25, -0.2) is 0 Å². The van der Waals surface area contributed by atoms with Crippen molar-refractivity contribution in [1.29, 1.82) is 0 Å². The van der Waals surface area contributed by atoms with Gasteiger partial charge in [0.2, 0.25) is 0 Å². The van der Waals surface area contributed by atoms with Crippen molar-refractivity contribution in [3.05, 3.63) is 17.0 Å². The number of hydrogen-bond acceptors (Lipinski definition) is 4. The molecule has 0 amide bonds. The number of carboxylic acids is 1. The van der Waals surface area contributed by atoms with E-state index >= 15 is 0 Å². The zero-order valence-electron chi connectivity index (χ0n) is 8.40. The largest absolute Gasteiger partial charge is 0.481 e. The van der Waals surface area contributed by atoms with Crippen LogP contribution in [0.2, 0.25) is 0 Å². The second kappa shape index (κ2) is 4.02. The Hall–Kier alpha value is -1.36. The highest BCUT2D eigenvalue weighted by Crippen LogP contribution is 2.28. The molecular formula is C10H14N2O3. The predicted octanol–water partition coefficient (Wildman–Crippen LogP) is 1.03. The third-order valence-corrected chi connectivity index (χ3v) is 2.72. The van der Waals surface area contributed by atoms with Crippen molar-refractivity contribution in [2.24, 2.45) is 5.73 Å². The number of hydrogen-bond donors (Lipinski definition) is 2. The lowest BCUT2D eigenvalue weighted by Crippen LogP contribution is -2.16. The molecule has 82 valence electrons. The number of fused-ring (bicyclic) bond motifs is 1. The van der Waals surface area contributed by atoms with Crippen molar-refractivity contribution in [1.82, 2.24) is 5.16 Å². The second-order valence-electron chi connectivity index (χ2n) is 3.88. The maximum absolute atomic E-state index is 10.5. The quantitative estimate of drug-likeness (QED) is 0.777. The van der Waals surface area contributed by atoms with Crippen LogP contribution < -0.4 is 5.73 Å². The molecule has 3 N–H and O–H groups in total. The average molecular weight is 210 g/mol. The minimum absolute atomic E-state index is 0.109. The maximum atomic E-state index is 10.5. The topological polar surface area (TPSA) is 89.4 Å². The van der Waals surface area contributed by atoms with Crippen LogP contribution in [0.5, 0.6) is 0 Å². The molecule has 0 bridgehead atoms. The van der Waals surface area contributed by atoms with E-state index in [1.165, 1.54) is 0 Å². The molecule has 1 aliphatic rings. The van der Waals surface area contributed by atoms with E-state index in [9.17, 15) is 4.79 Å². The summed E-state index contributed by atoms with van der Waals surface area (Å²) < 4.78 is 5.14. The number of nitrogens with two attached hydrogens (primary N) is 1. The van der Waals surface area contributed by atoms with Crippen LogP contribution >= 0.6 is 0 Å². The monoisotopic (exact) mass is 210 g/mol. The summed E-state index contributed by atoms with van der Waals surface area (Å²) in [4.78, 5) is 10.5. The fourth-order valence-corrected chi connectivity index (χ4v) is 1.99.